The number of unbranched alkanes of at least 4 members (excludes halogenated alkanes) is 1. The Kier molecular flexibility index (Phi) is 6.32. The largest absolute Gasteiger partial charge is 0.360 e. The van der Waals surface area contributed by atoms with Crippen molar-refractivity contribution in [1.29, 1.82) is 0 Å². The highest BCUT2D eigenvalue weighted by Crippen LogP contribution is 2.37. The van der Waals surface area contributed by atoms with Crippen LogP contribution in [-0.2, 0) is 6.42 Å². The van der Waals surface area contributed by atoms with Crippen molar-refractivity contribution in [3.8, 4) is 0 Å². The maximum Gasteiger partial charge on any atom is 0.0848 e. The van der Waals surface area contributed by atoms with Gasteiger partial charge in [0.25, 0.3) is 0 Å². The molecule has 0 spiro atoms. The summed E-state index contributed by atoms with van der Waals surface area (Å²) in [5.74, 6) is 0. The molecule has 0 radical (unpaired) electrons. The minimum atomic E-state index is 0.414. The first-order valence-electron chi connectivity index (χ1n) is 9.74. The predicted octanol–water partition coefficient (Wildman–Crippen LogP) is 7.24. The van der Waals surface area contributed by atoms with Crippen LogP contribution in [0, 0.1) is 0 Å². The van der Waals surface area contributed by atoms with Gasteiger partial charge >= 0.3 is 0 Å². The van der Waals surface area contributed by atoms with E-state index in [1.807, 2.05) is 12.3 Å². The van der Waals surface area contributed by atoms with Crippen LogP contribution in [0.3, 0.4) is 0 Å². The number of aromatic nitrogens is 1. The second kappa shape index (κ2) is 8.92. The van der Waals surface area contributed by atoms with Crippen LogP contribution in [0.25, 0.3) is 16.5 Å². The number of aryl methyl sites for hydroxylation is 1. The van der Waals surface area contributed by atoms with Gasteiger partial charge < -0.3 is 4.98 Å². The minimum absolute atomic E-state index is 0.414. The first-order chi connectivity index (χ1) is 13.6. The maximum absolute atomic E-state index is 6.30. The lowest BCUT2D eigenvalue weighted by Gasteiger charge is -2.26. The first-order valence-corrected chi connectivity index (χ1v) is 10.9. The fraction of sp³-hybridized carbons (Fsp3) is 0.304. The van der Waals surface area contributed by atoms with E-state index in [2.05, 4.69) is 46.3 Å². The van der Waals surface area contributed by atoms with Gasteiger partial charge in [-0.25, -0.2) is 0 Å². The molecule has 0 amide bonds. The number of aromatic amines is 1. The average molecular weight is 434 g/mol. The molecule has 2 aromatic carbocycles. The molecular formula is C23H23Cl3N2. The number of H-pyrrole nitrogens is 1. The van der Waals surface area contributed by atoms with Crippen molar-refractivity contribution in [3.05, 3.63) is 74.9 Å². The quantitative estimate of drug-likeness (QED) is 0.320. The molecule has 3 aromatic rings. The zero-order valence-corrected chi connectivity index (χ0v) is 17.9. The van der Waals surface area contributed by atoms with Crippen molar-refractivity contribution in [2.75, 3.05) is 19.6 Å². The number of rotatable bonds is 6. The van der Waals surface area contributed by atoms with Crippen molar-refractivity contribution < 1.29 is 0 Å². The molecule has 2 heterocycles. The Hall–Kier alpha value is -1.45. The fourth-order valence-electron chi connectivity index (χ4n) is 3.91. The van der Waals surface area contributed by atoms with E-state index in [1.165, 1.54) is 23.1 Å². The zero-order valence-electron chi connectivity index (χ0n) is 15.6. The van der Waals surface area contributed by atoms with Crippen molar-refractivity contribution in [2.45, 2.75) is 25.7 Å². The average Bonchev–Trinajstić information content (AvgIpc) is 3.13. The fourth-order valence-corrected chi connectivity index (χ4v) is 4.57. The van der Waals surface area contributed by atoms with Gasteiger partial charge in [0, 0.05) is 24.7 Å². The minimum Gasteiger partial charge on any atom is -0.360 e. The number of nitrogens with one attached hydrogen (secondary N) is 1. The second-order valence-electron chi connectivity index (χ2n) is 7.33. The Morgan fingerprint density at radius 2 is 1.82 bits per heavy atom. The van der Waals surface area contributed by atoms with Crippen LogP contribution in [0.1, 0.15) is 30.4 Å². The van der Waals surface area contributed by atoms with Gasteiger partial charge in [-0.15, -0.1) is 0 Å². The van der Waals surface area contributed by atoms with Gasteiger partial charge in [0.15, 0.2) is 0 Å². The van der Waals surface area contributed by atoms with Crippen LogP contribution in [-0.4, -0.2) is 29.5 Å². The molecule has 0 saturated heterocycles. The molecule has 4 rings (SSSR count). The summed E-state index contributed by atoms with van der Waals surface area (Å²) in [6.45, 7) is 3.31. The van der Waals surface area contributed by atoms with E-state index in [0.717, 1.165) is 49.8 Å². The Balaban J connectivity index is 1.29. The van der Waals surface area contributed by atoms with Crippen LogP contribution in [0.2, 0.25) is 15.1 Å². The molecule has 28 heavy (non-hydrogen) atoms. The number of hydrogen-bond donors (Lipinski definition) is 1. The van der Waals surface area contributed by atoms with Crippen molar-refractivity contribution in [2.24, 2.45) is 0 Å². The summed E-state index contributed by atoms with van der Waals surface area (Å²) in [5, 5.41) is 2.50. The Bertz CT molecular complexity index is 992. The van der Waals surface area contributed by atoms with E-state index in [-0.39, 0.29) is 0 Å². The van der Waals surface area contributed by atoms with Crippen LogP contribution >= 0.6 is 34.8 Å². The zero-order chi connectivity index (χ0) is 19.5. The molecule has 0 aliphatic carbocycles. The standard InChI is InChI=1S/C23H23Cl3N2/c24-20-14-19-18(15-27-23(19)22(26)21(20)25)8-4-5-11-28-12-9-17(10-13-28)16-6-2-1-3-7-16/h1-3,6-7,9,14-15,27H,4-5,8,10-13H2. The van der Waals surface area contributed by atoms with Gasteiger partial charge in [-0.3, -0.25) is 4.90 Å². The van der Waals surface area contributed by atoms with E-state index in [4.69, 9.17) is 34.8 Å². The third-order valence-corrected chi connectivity index (χ3v) is 6.77. The molecule has 1 N–H and O–H groups in total. The van der Waals surface area contributed by atoms with Gasteiger partial charge in [0.1, 0.15) is 0 Å². The molecule has 0 fully saturated rings. The van der Waals surface area contributed by atoms with Crippen LogP contribution in [0.15, 0.2) is 48.7 Å². The highest BCUT2D eigenvalue weighted by Gasteiger charge is 2.14. The molecular weight excluding hydrogens is 411 g/mol. The lowest BCUT2D eigenvalue weighted by Crippen LogP contribution is -2.29. The lowest BCUT2D eigenvalue weighted by molar-refractivity contribution is 0.295. The Morgan fingerprint density at radius 3 is 2.57 bits per heavy atom. The van der Waals surface area contributed by atoms with Gasteiger partial charge in [0.2, 0.25) is 0 Å². The molecule has 1 aliphatic heterocycles. The Morgan fingerprint density at radius 1 is 1.00 bits per heavy atom. The van der Waals surface area contributed by atoms with Crippen molar-refractivity contribution in [1.82, 2.24) is 9.88 Å². The maximum atomic E-state index is 6.30. The topological polar surface area (TPSA) is 19.0 Å². The molecule has 0 bridgehead atoms. The van der Waals surface area contributed by atoms with E-state index in [0.29, 0.717) is 15.1 Å². The number of hydrogen-bond acceptors (Lipinski definition) is 1. The smallest absolute Gasteiger partial charge is 0.0848 e. The summed E-state index contributed by atoms with van der Waals surface area (Å²) >= 11 is 18.6. The number of halogens is 3. The summed E-state index contributed by atoms with van der Waals surface area (Å²) in [7, 11) is 0. The van der Waals surface area contributed by atoms with Gasteiger partial charge in [0.05, 0.1) is 20.6 Å². The van der Waals surface area contributed by atoms with Gasteiger partial charge in [-0.05, 0) is 55.0 Å². The van der Waals surface area contributed by atoms with Gasteiger partial charge in [-0.2, -0.15) is 0 Å². The Labute approximate surface area is 181 Å². The number of nitrogens with zero attached hydrogens (tertiary/aromatic N) is 1. The van der Waals surface area contributed by atoms with Crippen molar-refractivity contribution in [3.63, 3.8) is 0 Å². The summed E-state index contributed by atoms with van der Waals surface area (Å²) in [4.78, 5) is 5.78. The second-order valence-corrected chi connectivity index (χ2v) is 8.49. The van der Waals surface area contributed by atoms with E-state index in [9.17, 15) is 0 Å². The molecule has 1 aliphatic rings. The number of benzene rings is 2. The van der Waals surface area contributed by atoms with E-state index >= 15 is 0 Å². The molecule has 0 saturated carbocycles. The summed E-state index contributed by atoms with van der Waals surface area (Å²) in [6, 6.07) is 12.6. The lowest BCUT2D eigenvalue weighted by atomic mass is 9.99. The van der Waals surface area contributed by atoms with E-state index < -0.39 is 0 Å². The predicted molar refractivity (Wildman–Crippen MR) is 122 cm³/mol. The molecule has 0 atom stereocenters. The number of fused-ring (bicyclic) bond motifs is 1. The van der Waals surface area contributed by atoms with E-state index in [1.54, 1.807) is 0 Å². The summed E-state index contributed by atoms with van der Waals surface area (Å²) in [5.41, 5.74) is 4.96. The molecule has 0 unspecified atom stereocenters. The molecule has 1 aromatic heterocycles. The molecule has 5 heteroatoms. The van der Waals surface area contributed by atoms with Crippen LogP contribution in [0.5, 0.6) is 0 Å². The SMILES string of the molecule is Clc1cc2c(CCCCN3CC=C(c4ccccc4)CC3)c[nH]c2c(Cl)c1Cl. The highest BCUT2D eigenvalue weighted by molar-refractivity contribution is 6.50. The normalized spacial score (nSPS) is 15.2. The monoisotopic (exact) mass is 432 g/mol. The summed E-state index contributed by atoms with van der Waals surface area (Å²) < 4.78 is 0. The first kappa shape index (κ1) is 19.8. The third kappa shape index (κ3) is 4.26. The molecule has 146 valence electrons. The van der Waals surface area contributed by atoms with Crippen LogP contribution in [0.4, 0.5) is 0 Å². The summed E-state index contributed by atoms with van der Waals surface area (Å²) in [6.07, 6.45) is 8.86. The van der Waals surface area contributed by atoms with Crippen molar-refractivity contribution >= 4 is 51.3 Å². The van der Waals surface area contributed by atoms with Gasteiger partial charge in [-0.1, -0.05) is 71.2 Å². The third-order valence-electron chi connectivity index (χ3n) is 5.51. The van der Waals surface area contributed by atoms with Crippen LogP contribution < -0.4 is 0 Å². The molecule has 2 nitrogen and oxygen atoms in total. The highest BCUT2D eigenvalue weighted by atomic mass is 35.5.